The van der Waals surface area contributed by atoms with Gasteiger partial charge in [-0.3, -0.25) is 9.52 Å². The molecule has 1 amide bonds. The summed E-state index contributed by atoms with van der Waals surface area (Å²) in [4.78, 5) is 12.2. The summed E-state index contributed by atoms with van der Waals surface area (Å²) in [6, 6.07) is 12.2. The second-order valence-corrected chi connectivity index (χ2v) is 7.93. The lowest BCUT2D eigenvalue weighted by Gasteiger charge is -2.09. The number of rotatable bonds is 8. The first-order valence-corrected chi connectivity index (χ1v) is 10.2. The number of carbonyl (C=O) groups excluding carboxylic acids is 1. The van der Waals surface area contributed by atoms with Gasteiger partial charge in [-0.25, -0.2) is 8.42 Å². The lowest BCUT2D eigenvalue weighted by atomic mass is 10.1. The third-order valence-corrected chi connectivity index (χ3v) is 4.52. The van der Waals surface area contributed by atoms with Crippen molar-refractivity contribution in [3.05, 3.63) is 58.6 Å². The van der Waals surface area contributed by atoms with Gasteiger partial charge in [0.25, 0.3) is 5.91 Å². The Morgan fingerprint density at radius 1 is 1.15 bits per heavy atom. The minimum atomic E-state index is -3.39. The van der Waals surface area contributed by atoms with Crippen LogP contribution in [0.25, 0.3) is 0 Å². The van der Waals surface area contributed by atoms with Crippen molar-refractivity contribution in [2.75, 3.05) is 24.6 Å². The number of sulfonamides is 1. The van der Waals surface area contributed by atoms with Gasteiger partial charge in [-0.15, -0.1) is 0 Å². The molecular weight excluding hydrogens is 376 g/mol. The molecule has 140 valence electrons. The van der Waals surface area contributed by atoms with Crippen molar-refractivity contribution in [3.63, 3.8) is 0 Å². The molecule has 0 aliphatic carbocycles. The van der Waals surface area contributed by atoms with Crippen molar-refractivity contribution in [1.82, 2.24) is 5.32 Å². The normalized spacial score (nSPS) is 11.0. The van der Waals surface area contributed by atoms with Crippen molar-refractivity contribution >= 4 is 33.2 Å². The molecule has 2 aromatic rings. The van der Waals surface area contributed by atoms with E-state index in [1.165, 1.54) is 18.2 Å². The van der Waals surface area contributed by atoms with Gasteiger partial charge >= 0.3 is 0 Å². The van der Waals surface area contributed by atoms with E-state index in [9.17, 15) is 13.2 Å². The number of anilines is 1. The summed E-state index contributed by atoms with van der Waals surface area (Å²) in [7, 11) is -1.77. The van der Waals surface area contributed by atoms with Crippen molar-refractivity contribution in [2.45, 2.75) is 12.8 Å². The summed E-state index contributed by atoms with van der Waals surface area (Å²) in [5.74, 6) is 0.515. The van der Waals surface area contributed by atoms with E-state index in [-0.39, 0.29) is 10.9 Å². The van der Waals surface area contributed by atoms with Gasteiger partial charge in [-0.05, 0) is 48.7 Å². The summed E-state index contributed by atoms with van der Waals surface area (Å²) < 4.78 is 29.9. The van der Waals surface area contributed by atoms with Gasteiger partial charge in [0.2, 0.25) is 10.0 Å². The molecule has 6 nitrogen and oxygen atoms in total. The number of aryl methyl sites for hydroxylation is 1. The number of hydrogen-bond donors (Lipinski definition) is 2. The fraction of sp³-hybridized carbons (Fsp3) is 0.278. The third kappa shape index (κ3) is 6.24. The van der Waals surface area contributed by atoms with E-state index in [1.807, 2.05) is 24.3 Å². The molecule has 0 saturated carbocycles. The number of ether oxygens (including phenoxy) is 1. The molecule has 2 rings (SSSR count). The van der Waals surface area contributed by atoms with Gasteiger partial charge in [0.05, 0.1) is 24.0 Å². The summed E-state index contributed by atoms with van der Waals surface area (Å²) >= 11 is 6.08. The Labute approximate surface area is 158 Å². The van der Waals surface area contributed by atoms with Crippen LogP contribution in [0.1, 0.15) is 22.3 Å². The summed E-state index contributed by atoms with van der Waals surface area (Å²) in [6.45, 7) is 0.504. The fourth-order valence-electron chi connectivity index (χ4n) is 2.36. The zero-order chi connectivity index (χ0) is 19.2. The Hall–Kier alpha value is -2.25. The van der Waals surface area contributed by atoms with Crippen LogP contribution in [0.2, 0.25) is 5.02 Å². The molecule has 0 fully saturated rings. The van der Waals surface area contributed by atoms with Crippen LogP contribution in [0.4, 0.5) is 5.69 Å². The summed E-state index contributed by atoms with van der Waals surface area (Å²) in [6.07, 6.45) is 2.66. The summed E-state index contributed by atoms with van der Waals surface area (Å²) in [5.41, 5.74) is 1.78. The van der Waals surface area contributed by atoms with Crippen LogP contribution in [0.15, 0.2) is 42.5 Å². The fourth-order valence-corrected chi connectivity index (χ4v) is 3.18. The van der Waals surface area contributed by atoms with Gasteiger partial charge in [-0.2, -0.15) is 0 Å². The number of benzene rings is 2. The first-order chi connectivity index (χ1) is 12.3. The van der Waals surface area contributed by atoms with Crippen molar-refractivity contribution in [1.29, 1.82) is 0 Å². The highest BCUT2D eigenvalue weighted by Gasteiger charge is 2.11. The first kappa shape index (κ1) is 20.1. The molecule has 0 aromatic heterocycles. The Morgan fingerprint density at radius 2 is 1.85 bits per heavy atom. The van der Waals surface area contributed by atoms with E-state index >= 15 is 0 Å². The molecule has 8 heteroatoms. The zero-order valence-corrected chi connectivity index (χ0v) is 16.2. The maximum atomic E-state index is 12.2. The molecule has 0 saturated heterocycles. The van der Waals surface area contributed by atoms with Gasteiger partial charge in [-0.1, -0.05) is 23.7 Å². The number of amides is 1. The van der Waals surface area contributed by atoms with E-state index in [0.717, 1.165) is 30.4 Å². The zero-order valence-electron chi connectivity index (χ0n) is 14.6. The van der Waals surface area contributed by atoms with Gasteiger partial charge in [0.1, 0.15) is 5.75 Å². The molecule has 0 unspecified atom stereocenters. The van der Waals surface area contributed by atoms with Crippen LogP contribution in [-0.2, 0) is 16.4 Å². The predicted octanol–water partition coefficient (Wildman–Crippen LogP) is 3.08. The number of hydrogen-bond acceptors (Lipinski definition) is 4. The van der Waals surface area contributed by atoms with E-state index in [1.54, 1.807) is 7.11 Å². The second-order valence-electron chi connectivity index (χ2n) is 5.78. The highest BCUT2D eigenvalue weighted by atomic mass is 35.5. The minimum absolute atomic E-state index is 0.186. The highest BCUT2D eigenvalue weighted by molar-refractivity contribution is 7.92. The molecule has 0 spiro atoms. The Morgan fingerprint density at radius 3 is 2.42 bits per heavy atom. The molecular formula is C18H21ClN2O4S. The van der Waals surface area contributed by atoms with Gasteiger partial charge in [0.15, 0.2) is 0 Å². The summed E-state index contributed by atoms with van der Waals surface area (Å²) in [5, 5.41) is 3.00. The Balaban J connectivity index is 1.85. The number of carbonyl (C=O) groups is 1. The molecule has 0 aliphatic rings. The predicted molar refractivity (Wildman–Crippen MR) is 104 cm³/mol. The standard InChI is InChI=1S/C18H21ClN2O4S/c1-25-15-8-5-13(6-9-15)4-3-11-20-18(22)16-10-7-14(12-17(16)19)21-26(2,23)24/h5-10,12,21H,3-4,11H2,1-2H3,(H,20,22). The van der Waals surface area contributed by atoms with Gasteiger partial charge in [0, 0.05) is 12.2 Å². The van der Waals surface area contributed by atoms with Gasteiger partial charge < -0.3 is 10.1 Å². The van der Waals surface area contributed by atoms with E-state index in [4.69, 9.17) is 16.3 Å². The highest BCUT2D eigenvalue weighted by Crippen LogP contribution is 2.21. The van der Waals surface area contributed by atoms with Crippen LogP contribution in [0.3, 0.4) is 0 Å². The first-order valence-electron chi connectivity index (χ1n) is 7.97. The quantitative estimate of drug-likeness (QED) is 0.671. The largest absolute Gasteiger partial charge is 0.497 e. The lowest BCUT2D eigenvalue weighted by molar-refractivity contribution is 0.0953. The van der Waals surface area contributed by atoms with Crippen LogP contribution in [-0.4, -0.2) is 34.2 Å². The van der Waals surface area contributed by atoms with E-state index < -0.39 is 10.0 Å². The topological polar surface area (TPSA) is 84.5 Å². The minimum Gasteiger partial charge on any atom is -0.497 e. The van der Waals surface area contributed by atoms with Crippen molar-refractivity contribution in [3.8, 4) is 5.75 Å². The Bertz CT molecular complexity index is 867. The number of nitrogens with one attached hydrogen (secondary N) is 2. The van der Waals surface area contributed by atoms with Crippen LogP contribution in [0, 0.1) is 0 Å². The molecule has 0 radical (unpaired) electrons. The molecule has 0 atom stereocenters. The molecule has 0 bridgehead atoms. The lowest BCUT2D eigenvalue weighted by Crippen LogP contribution is -2.25. The molecule has 26 heavy (non-hydrogen) atoms. The van der Waals surface area contributed by atoms with Crippen LogP contribution < -0.4 is 14.8 Å². The molecule has 2 aromatic carbocycles. The smallest absolute Gasteiger partial charge is 0.252 e. The maximum absolute atomic E-state index is 12.2. The number of halogens is 1. The number of methoxy groups -OCH3 is 1. The monoisotopic (exact) mass is 396 g/mol. The van der Waals surface area contributed by atoms with Crippen LogP contribution in [0.5, 0.6) is 5.75 Å². The third-order valence-electron chi connectivity index (χ3n) is 3.60. The maximum Gasteiger partial charge on any atom is 0.252 e. The van der Waals surface area contributed by atoms with Crippen LogP contribution >= 0.6 is 11.6 Å². The molecule has 0 heterocycles. The second kappa shape index (κ2) is 8.91. The van der Waals surface area contributed by atoms with E-state index in [0.29, 0.717) is 17.8 Å². The van der Waals surface area contributed by atoms with E-state index in [2.05, 4.69) is 10.0 Å². The molecule has 0 aliphatic heterocycles. The Kier molecular flexibility index (Phi) is 6.88. The average Bonchev–Trinajstić information content (AvgIpc) is 2.57. The van der Waals surface area contributed by atoms with Crippen molar-refractivity contribution < 1.29 is 17.9 Å². The van der Waals surface area contributed by atoms with Crippen molar-refractivity contribution in [2.24, 2.45) is 0 Å². The molecule has 2 N–H and O–H groups in total. The average molecular weight is 397 g/mol. The SMILES string of the molecule is COc1ccc(CCCNC(=O)c2ccc(NS(C)(=O)=O)cc2Cl)cc1.